The van der Waals surface area contributed by atoms with Crippen molar-refractivity contribution in [2.24, 2.45) is 0 Å². The summed E-state index contributed by atoms with van der Waals surface area (Å²) in [5, 5.41) is -0.161. The molecule has 2 aromatic carbocycles. The molecular formula is C21H15BrF3NO6. The molecule has 0 bridgehead atoms. The van der Waals surface area contributed by atoms with Gasteiger partial charge in [0.2, 0.25) is 11.2 Å². The minimum absolute atomic E-state index is 0.0145. The molecule has 1 aliphatic heterocycles. The number of hydrogen-bond donors (Lipinski definition) is 0. The zero-order valence-electron chi connectivity index (χ0n) is 16.3. The Morgan fingerprint density at radius 3 is 2.50 bits per heavy atom. The van der Waals surface area contributed by atoms with Gasteiger partial charge in [0.25, 0.3) is 5.76 Å². The minimum Gasteiger partial charge on any atom is -0.448 e. The first kappa shape index (κ1) is 22.2. The van der Waals surface area contributed by atoms with Gasteiger partial charge < -0.3 is 23.5 Å². The number of carbonyl (C=O) groups excluding carboxylic acids is 1. The van der Waals surface area contributed by atoms with E-state index in [1.807, 2.05) is 0 Å². The van der Waals surface area contributed by atoms with Gasteiger partial charge in [-0.3, -0.25) is 4.79 Å². The molecule has 0 unspecified atom stereocenters. The Kier molecular flexibility index (Phi) is 6.11. The Morgan fingerprint density at radius 2 is 1.81 bits per heavy atom. The Labute approximate surface area is 187 Å². The number of fused-ring (bicyclic) bond motifs is 1. The van der Waals surface area contributed by atoms with Gasteiger partial charge in [-0.1, -0.05) is 12.1 Å². The van der Waals surface area contributed by atoms with Crippen molar-refractivity contribution < 1.29 is 36.6 Å². The maximum atomic E-state index is 13.7. The molecule has 1 aromatic heterocycles. The third kappa shape index (κ3) is 4.58. The lowest BCUT2D eigenvalue weighted by Gasteiger charge is -2.25. The summed E-state index contributed by atoms with van der Waals surface area (Å²) in [5.74, 6) is -2.64. The molecule has 0 spiro atoms. The van der Waals surface area contributed by atoms with Crippen LogP contribution >= 0.6 is 15.9 Å². The van der Waals surface area contributed by atoms with Crippen molar-refractivity contribution in [2.45, 2.75) is 6.18 Å². The van der Waals surface area contributed by atoms with Crippen LogP contribution in [0.1, 0.15) is 5.76 Å². The molecule has 11 heteroatoms. The summed E-state index contributed by atoms with van der Waals surface area (Å²) in [4.78, 5) is 26.5. The van der Waals surface area contributed by atoms with E-state index >= 15 is 0 Å². The lowest BCUT2D eigenvalue weighted by Crippen LogP contribution is -2.42. The second-order valence-corrected chi connectivity index (χ2v) is 7.60. The highest BCUT2D eigenvalue weighted by Gasteiger charge is 2.40. The first-order valence-corrected chi connectivity index (χ1v) is 10.2. The minimum atomic E-state index is -5.01. The summed E-state index contributed by atoms with van der Waals surface area (Å²) in [5.41, 5.74) is -1.41. The molecule has 1 fully saturated rings. The molecule has 0 N–H and O–H groups in total. The summed E-state index contributed by atoms with van der Waals surface area (Å²) in [6.45, 7) is 1.37. The summed E-state index contributed by atoms with van der Waals surface area (Å²) >= 11 is 3.17. The number of rotatable bonds is 3. The number of carbonyl (C=O) groups is 1. The van der Waals surface area contributed by atoms with Gasteiger partial charge >= 0.3 is 12.3 Å². The molecule has 1 amide bonds. The van der Waals surface area contributed by atoms with Gasteiger partial charge in [0, 0.05) is 19.2 Å². The normalized spacial score (nSPS) is 14.4. The number of nitrogens with zero attached hydrogens (tertiary/aromatic N) is 1. The number of alkyl halides is 3. The van der Waals surface area contributed by atoms with Crippen LogP contribution in [0.5, 0.6) is 17.2 Å². The Hall–Kier alpha value is -3.05. The van der Waals surface area contributed by atoms with E-state index < -0.39 is 34.8 Å². The number of hydrogen-bond acceptors (Lipinski definition) is 6. The van der Waals surface area contributed by atoms with Gasteiger partial charge in [0.1, 0.15) is 17.1 Å². The average molecular weight is 514 g/mol. The van der Waals surface area contributed by atoms with E-state index in [0.29, 0.717) is 30.8 Å². The van der Waals surface area contributed by atoms with E-state index in [-0.39, 0.29) is 16.9 Å². The fourth-order valence-corrected chi connectivity index (χ4v) is 3.41. The van der Waals surface area contributed by atoms with Gasteiger partial charge in [-0.2, -0.15) is 13.2 Å². The van der Waals surface area contributed by atoms with Crippen molar-refractivity contribution >= 4 is 33.0 Å². The predicted octanol–water partition coefficient (Wildman–Crippen LogP) is 5.20. The van der Waals surface area contributed by atoms with Crippen molar-refractivity contribution in [3.63, 3.8) is 0 Å². The highest BCUT2D eigenvalue weighted by Crippen LogP contribution is 2.39. The highest BCUT2D eigenvalue weighted by molar-refractivity contribution is 9.10. The van der Waals surface area contributed by atoms with Crippen molar-refractivity contribution in [1.29, 1.82) is 0 Å². The predicted molar refractivity (Wildman–Crippen MR) is 110 cm³/mol. The SMILES string of the molecule is O=C(Oc1ccc2c(=O)c(Oc3ccccc3Br)c(C(F)(F)F)oc2c1)N1CCOCC1. The maximum Gasteiger partial charge on any atom is 0.453 e. The number of benzene rings is 2. The first-order valence-electron chi connectivity index (χ1n) is 9.39. The van der Waals surface area contributed by atoms with E-state index in [9.17, 15) is 22.8 Å². The largest absolute Gasteiger partial charge is 0.453 e. The summed E-state index contributed by atoms with van der Waals surface area (Å²) < 4.78 is 62.1. The molecule has 2 heterocycles. The van der Waals surface area contributed by atoms with Crippen molar-refractivity contribution in [3.8, 4) is 17.2 Å². The molecule has 1 aliphatic rings. The Bertz CT molecular complexity index is 1220. The van der Waals surface area contributed by atoms with Crippen molar-refractivity contribution in [3.05, 3.63) is 62.9 Å². The van der Waals surface area contributed by atoms with Gasteiger partial charge in [0.15, 0.2) is 0 Å². The third-order valence-corrected chi connectivity index (χ3v) is 5.26. The Balaban J connectivity index is 1.73. The van der Waals surface area contributed by atoms with Crippen LogP contribution in [0.2, 0.25) is 0 Å². The van der Waals surface area contributed by atoms with Crippen molar-refractivity contribution in [2.75, 3.05) is 26.3 Å². The molecule has 4 rings (SSSR count). The maximum absolute atomic E-state index is 13.7. The van der Waals surface area contributed by atoms with Crippen LogP contribution in [0.15, 0.2) is 56.1 Å². The summed E-state index contributed by atoms with van der Waals surface area (Å²) in [6.07, 6.45) is -5.69. The van der Waals surface area contributed by atoms with Crippen LogP contribution in [-0.4, -0.2) is 37.3 Å². The van der Waals surface area contributed by atoms with E-state index in [2.05, 4.69) is 15.9 Å². The molecule has 0 radical (unpaired) electrons. The fraction of sp³-hybridized carbons (Fsp3) is 0.238. The van der Waals surface area contributed by atoms with E-state index in [4.69, 9.17) is 18.6 Å². The van der Waals surface area contributed by atoms with E-state index in [1.54, 1.807) is 18.2 Å². The molecular weight excluding hydrogens is 499 g/mol. The van der Waals surface area contributed by atoms with Crippen LogP contribution in [0.25, 0.3) is 11.0 Å². The zero-order chi connectivity index (χ0) is 22.9. The van der Waals surface area contributed by atoms with Crippen LogP contribution < -0.4 is 14.9 Å². The van der Waals surface area contributed by atoms with Gasteiger partial charge in [-0.25, -0.2) is 4.79 Å². The average Bonchev–Trinajstić information content (AvgIpc) is 2.76. The van der Waals surface area contributed by atoms with E-state index in [1.165, 1.54) is 23.1 Å². The third-order valence-electron chi connectivity index (χ3n) is 4.60. The van der Waals surface area contributed by atoms with Crippen LogP contribution in [-0.2, 0) is 10.9 Å². The second kappa shape index (κ2) is 8.83. The quantitative estimate of drug-likeness (QED) is 0.479. The molecule has 0 aliphatic carbocycles. The van der Waals surface area contributed by atoms with Crippen molar-refractivity contribution in [1.82, 2.24) is 4.90 Å². The van der Waals surface area contributed by atoms with E-state index in [0.717, 1.165) is 6.07 Å². The van der Waals surface area contributed by atoms with Crippen LogP contribution in [0, 0.1) is 0 Å². The zero-order valence-corrected chi connectivity index (χ0v) is 17.9. The Morgan fingerprint density at radius 1 is 1.09 bits per heavy atom. The van der Waals surface area contributed by atoms with Crippen LogP contribution in [0.4, 0.5) is 18.0 Å². The van der Waals surface area contributed by atoms with Gasteiger partial charge in [-0.15, -0.1) is 0 Å². The van der Waals surface area contributed by atoms with Crippen LogP contribution in [0.3, 0.4) is 0 Å². The summed E-state index contributed by atoms with van der Waals surface area (Å²) in [7, 11) is 0. The topological polar surface area (TPSA) is 78.2 Å². The lowest BCUT2D eigenvalue weighted by atomic mass is 10.2. The number of para-hydroxylation sites is 1. The standard InChI is InChI=1S/C21H15BrF3NO6/c22-14-3-1-2-4-15(14)31-18-17(27)13-6-5-12(11-16(13)32-19(18)21(23,24)25)30-20(28)26-7-9-29-10-8-26/h1-6,11H,7-10H2. The lowest BCUT2D eigenvalue weighted by molar-refractivity contribution is -0.154. The molecule has 3 aromatic rings. The number of morpholine rings is 1. The number of halogens is 4. The fourth-order valence-electron chi connectivity index (χ4n) is 3.05. The smallest absolute Gasteiger partial charge is 0.448 e. The monoisotopic (exact) mass is 513 g/mol. The first-order chi connectivity index (χ1) is 15.2. The van der Waals surface area contributed by atoms with Gasteiger partial charge in [-0.05, 0) is 40.2 Å². The molecule has 0 saturated carbocycles. The molecule has 7 nitrogen and oxygen atoms in total. The highest BCUT2D eigenvalue weighted by atomic mass is 79.9. The number of amides is 1. The van der Waals surface area contributed by atoms with Gasteiger partial charge in [0.05, 0.1) is 23.1 Å². The second-order valence-electron chi connectivity index (χ2n) is 6.75. The molecule has 0 atom stereocenters. The molecule has 1 saturated heterocycles. The number of ether oxygens (including phenoxy) is 3. The molecule has 32 heavy (non-hydrogen) atoms. The summed E-state index contributed by atoms with van der Waals surface area (Å²) in [6, 6.07) is 9.73. The molecule has 168 valence electrons.